The van der Waals surface area contributed by atoms with Crippen molar-refractivity contribution in [2.75, 3.05) is 0 Å². The highest BCUT2D eigenvalue weighted by Gasteiger charge is 2.17. The van der Waals surface area contributed by atoms with E-state index in [4.69, 9.17) is 5.26 Å². The second kappa shape index (κ2) is 3.77. The first-order valence-electron chi connectivity index (χ1n) is 3.33. The normalized spacial score (nSPS) is 9.91. The number of nitriles is 1. The van der Waals surface area contributed by atoms with Gasteiger partial charge in [-0.3, -0.25) is 4.79 Å². The lowest BCUT2D eigenvalue weighted by Gasteiger charge is -2.21. The molecule has 0 fully saturated rings. The van der Waals surface area contributed by atoms with Crippen molar-refractivity contribution in [2.24, 2.45) is 0 Å². The van der Waals surface area contributed by atoms with Gasteiger partial charge in [-0.15, -0.1) is 0 Å². The largest absolute Gasteiger partial charge is 0.347 e. The van der Waals surface area contributed by atoms with Crippen molar-refractivity contribution in [3.8, 4) is 6.07 Å². The van der Waals surface area contributed by atoms with Gasteiger partial charge in [-0.05, 0) is 19.9 Å². The van der Waals surface area contributed by atoms with Crippen LogP contribution >= 0.6 is 0 Å². The molecule has 0 saturated carbocycles. The molecule has 0 aromatic rings. The zero-order valence-electron chi connectivity index (χ0n) is 6.85. The van der Waals surface area contributed by atoms with E-state index in [2.05, 4.69) is 11.9 Å². The summed E-state index contributed by atoms with van der Waals surface area (Å²) < 4.78 is 0. The summed E-state index contributed by atoms with van der Waals surface area (Å²) in [6.07, 6.45) is 1.49. The summed E-state index contributed by atoms with van der Waals surface area (Å²) in [7, 11) is 0. The molecule has 1 N–H and O–H groups in total. The fourth-order valence-corrected chi connectivity index (χ4v) is 0.626. The van der Waals surface area contributed by atoms with Gasteiger partial charge in [0.2, 0.25) is 5.91 Å². The highest BCUT2D eigenvalue weighted by molar-refractivity contribution is 5.87. The molecule has 0 radical (unpaired) electrons. The number of hydrogen-bond acceptors (Lipinski definition) is 2. The van der Waals surface area contributed by atoms with Crippen molar-refractivity contribution in [3.63, 3.8) is 0 Å². The van der Waals surface area contributed by atoms with Crippen molar-refractivity contribution >= 4 is 5.91 Å². The van der Waals surface area contributed by atoms with E-state index in [-0.39, 0.29) is 5.91 Å². The summed E-state index contributed by atoms with van der Waals surface area (Å²) in [6.45, 7) is 6.89. The monoisotopic (exact) mass is 152 g/mol. The molecule has 0 aliphatic heterocycles. The number of carbonyl (C=O) groups excluding carboxylic acids is 1. The van der Waals surface area contributed by atoms with E-state index in [1.807, 2.05) is 6.07 Å². The molecule has 3 nitrogen and oxygen atoms in total. The molecule has 60 valence electrons. The Labute approximate surface area is 66.7 Å². The molecule has 0 spiro atoms. The second-order valence-corrected chi connectivity index (χ2v) is 2.91. The highest BCUT2D eigenvalue weighted by atomic mass is 16.1. The van der Waals surface area contributed by atoms with Gasteiger partial charge in [0.15, 0.2) is 0 Å². The van der Waals surface area contributed by atoms with E-state index in [0.29, 0.717) is 6.42 Å². The first kappa shape index (κ1) is 9.70. The zero-order chi connectivity index (χ0) is 8.91. The third-order valence-electron chi connectivity index (χ3n) is 1.17. The standard InChI is InChI=1S/C8H12N2O/c1-4-7(11)10-8(2,3)5-6-9/h4H,1,5H2,2-3H3,(H,10,11). The number of amides is 1. The van der Waals surface area contributed by atoms with Gasteiger partial charge in [-0.1, -0.05) is 6.58 Å². The molecule has 0 aliphatic rings. The van der Waals surface area contributed by atoms with E-state index >= 15 is 0 Å². The van der Waals surface area contributed by atoms with Gasteiger partial charge in [-0.2, -0.15) is 5.26 Å². The van der Waals surface area contributed by atoms with Crippen LogP contribution in [-0.2, 0) is 4.79 Å². The lowest BCUT2D eigenvalue weighted by Crippen LogP contribution is -2.42. The van der Waals surface area contributed by atoms with Crippen LogP contribution in [0.3, 0.4) is 0 Å². The Balaban J connectivity index is 4.02. The molecule has 0 heterocycles. The molecule has 0 rings (SSSR count). The quantitative estimate of drug-likeness (QED) is 0.613. The van der Waals surface area contributed by atoms with E-state index < -0.39 is 5.54 Å². The van der Waals surface area contributed by atoms with Crippen molar-refractivity contribution in [3.05, 3.63) is 12.7 Å². The van der Waals surface area contributed by atoms with Crippen LogP contribution in [0.5, 0.6) is 0 Å². The molecule has 0 unspecified atom stereocenters. The van der Waals surface area contributed by atoms with Crippen LogP contribution in [0.15, 0.2) is 12.7 Å². The fraction of sp³-hybridized carbons (Fsp3) is 0.500. The van der Waals surface area contributed by atoms with Gasteiger partial charge in [0.25, 0.3) is 0 Å². The molecule has 11 heavy (non-hydrogen) atoms. The molecular weight excluding hydrogens is 140 g/mol. The highest BCUT2D eigenvalue weighted by Crippen LogP contribution is 2.05. The number of hydrogen-bond donors (Lipinski definition) is 1. The second-order valence-electron chi connectivity index (χ2n) is 2.91. The van der Waals surface area contributed by atoms with Gasteiger partial charge in [-0.25, -0.2) is 0 Å². The third kappa shape index (κ3) is 4.15. The van der Waals surface area contributed by atoms with E-state index in [1.54, 1.807) is 13.8 Å². The Morgan fingerprint density at radius 1 is 1.82 bits per heavy atom. The predicted octanol–water partition coefficient (Wildman–Crippen LogP) is 0.981. The van der Waals surface area contributed by atoms with Crippen molar-refractivity contribution in [1.29, 1.82) is 5.26 Å². The number of nitrogens with zero attached hydrogens (tertiary/aromatic N) is 1. The van der Waals surface area contributed by atoms with E-state index in [0.717, 1.165) is 0 Å². The van der Waals surface area contributed by atoms with Crippen LogP contribution in [0, 0.1) is 11.3 Å². The Morgan fingerprint density at radius 2 is 2.36 bits per heavy atom. The number of carbonyl (C=O) groups is 1. The number of rotatable bonds is 3. The van der Waals surface area contributed by atoms with Crippen LogP contribution in [0.4, 0.5) is 0 Å². The summed E-state index contributed by atoms with van der Waals surface area (Å²) in [5.74, 6) is -0.245. The number of nitrogens with one attached hydrogen (secondary N) is 1. The Hall–Kier alpha value is -1.30. The summed E-state index contributed by atoms with van der Waals surface area (Å²) in [5.41, 5.74) is -0.458. The van der Waals surface area contributed by atoms with Gasteiger partial charge in [0.05, 0.1) is 12.5 Å². The minimum Gasteiger partial charge on any atom is -0.347 e. The SMILES string of the molecule is C=CC(=O)NC(C)(C)CC#N. The lowest BCUT2D eigenvalue weighted by atomic mass is 10.0. The van der Waals surface area contributed by atoms with Crippen LogP contribution in [0.25, 0.3) is 0 Å². The molecule has 0 aromatic heterocycles. The first-order chi connectivity index (χ1) is 5.02. The van der Waals surface area contributed by atoms with Gasteiger partial charge >= 0.3 is 0 Å². The molecule has 0 saturated heterocycles. The molecule has 3 heteroatoms. The molecule has 0 aromatic carbocycles. The van der Waals surface area contributed by atoms with E-state index in [1.165, 1.54) is 6.08 Å². The Morgan fingerprint density at radius 3 is 2.73 bits per heavy atom. The van der Waals surface area contributed by atoms with Crippen molar-refractivity contribution in [1.82, 2.24) is 5.32 Å². The minimum atomic E-state index is -0.458. The molecule has 1 amide bonds. The van der Waals surface area contributed by atoms with Crippen molar-refractivity contribution in [2.45, 2.75) is 25.8 Å². The maximum absolute atomic E-state index is 10.8. The van der Waals surface area contributed by atoms with Gasteiger partial charge in [0, 0.05) is 5.54 Å². The fourth-order valence-electron chi connectivity index (χ4n) is 0.626. The van der Waals surface area contributed by atoms with Crippen LogP contribution in [0.2, 0.25) is 0 Å². The van der Waals surface area contributed by atoms with Gasteiger partial charge in [0.1, 0.15) is 0 Å². The predicted molar refractivity (Wildman–Crippen MR) is 42.6 cm³/mol. The minimum absolute atomic E-state index is 0.245. The topological polar surface area (TPSA) is 52.9 Å². The summed E-state index contributed by atoms with van der Waals surface area (Å²) in [5, 5.41) is 11.0. The Bertz CT molecular complexity index is 201. The third-order valence-corrected chi connectivity index (χ3v) is 1.17. The molecule has 0 bridgehead atoms. The van der Waals surface area contributed by atoms with Crippen molar-refractivity contribution < 1.29 is 4.79 Å². The summed E-state index contributed by atoms with van der Waals surface area (Å²) in [4.78, 5) is 10.8. The smallest absolute Gasteiger partial charge is 0.243 e. The maximum atomic E-state index is 10.8. The maximum Gasteiger partial charge on any atom is 0.243 e. The Kier molecular flexibility index (Phi) is 3.32. The van der Waals surface area contributed by atoms with Gasteiger partial charge < -0.3 is 5.32 Å². The lowest BCUT2D eigenvalue weighted by molar-refractivity contribution is -0.117. The molecule has 0 aliphatic carbocycles. The van der Waals surface area contributed by atoms with Crippen LogP contribution < -0.4 is 5.32 Å². The van der Waals surface area contributed by atoms with E-state index in [9.17, 15) is 4.79 Å². The average Bonchev–Trinajstić information content (AvgIpc) is 1.86. The first-order valence-corrected chi connectivity index (χ1v) is 3.33. The zero-order valence-corrected chi connectivity index (χ0v) is 6.85. The molecular formula is C8H12N2O. The van der Waals surface area contributed by atoms with Crippen LogP contribution in [-0.4, -0.2) is 11.4 Å². The van der Waals surface area contributed by atoms with Crippen LogP contribution in [0.1, 0.15) is 20.3 Å². The summed E-state index contributed by atoms with van der Waals surface area (Å²) >= 11 is 0. The molecule has 0 atom stereocenters. The summed E-state index contributed by atoms with van der Waals surface area (Å²) in [6, 6.07) is 1.99. The average molecular weight is 152 g/mol.